The van der Waals surface area contributed by atoms with Crippen molar-refractivity contribution in [2.45, 2.75) is 0 Å². The van der Waals surface area contributed by atoms with Crippen LogP contribution in [0, 0.1) is 0 Å². The highest BCUT2D eigenvalue weighted by atomic mass is 16.5. The number of aromatic nitrogens is 2. The lowest BCUT2D eigenvalue weighted by atomic mass is 10.3. The number of hydrogen-bond donors (Lipinski definition) is 2. The Kier molecular flexibility index (Phi) is 7.45. The molecule has 8 nitrogen and oxygen atoms in total. The minimum atomic E-state index is -0.279. The second kappa shape index (κ2) is 10.1. The van der Waals surface area contributed by atoms with Gasteiger partial charge in [-0.05, 0) is 24.3 Å². The van der Waals surface area contributed by atoms with E-state index in [1.165, 1.54) is 12.4 Å². The van der Waals surface area contributed by atoms with Crippen LogP contribution in [-0.2, 0) is 4.74 Å². The molecule has 0 unspecified atom stereocenters. The van der Waals surface area contributed by atoms with Crippen molar-refractivity contribution in [2.75, 3.05) is 45.8 Å². The van der Waals surface area contributed by atoms with E-state index in [1.807, 2.05) is 24.3 Å². The maximum Gasteiger partial charge on any atom is 0.271 e. The van der Waals surface area contributed by atoms with Crippen molar-refractivity contribution >= 4 is 11.7 Å². The third-order valence-corrected chi connectivity index (χ3v) is 3.21. The van der Waals surface area contributed by atoms with Gasteiger partial charge in [0.15, 0.2) is 0 Å². The van der Waals surface area contributed by atoms with Crippen LogP contribution in [0.2, 0.25) is 0 Å². The summed E-state index contributed by atoms with van der Waals surface area (Å²) in [6.07, 6.45) is 2.94. The Morgan fingerprint density at radius 3 is 2.40 bits per heavy atom. The number of benzene rings is 1. The van der Waals surface area contributed by atoms with Crippen LogP contribution >= 0.6 is 0 Å². The molecule has 2 aromatic rings. The molecular weight excluding hydrogens is 324 g/mol. The van der Waals surface area contributed by atoms with Gasteiger partial charge < -0.3 is 24.8 Å². The number of anilines is 1. The van der Waals surface area contributed by atoms with Gasteiger partial charge in [-0.1, -0.05) is 0 Å². The first-order valence-electron chi connectivity index (χ1n) is 7.83. The van der Waals surface area contributed by atoms with Crippen LogP contribution in [-0.4, -0.2) is 56.4 Å². The number of carbonyl (C=O) groups excluding carboxylic acids is 1. The lowest BCUT2D eigenvalue weighted by molar-refractivity contribution is 0.0932. The van der Waals surface area contributed by atoms with Crippen LogP contribution in [0.25, 0.3) is 0 Å². The molecule has 0 aliphatic rings. The average molecular weight is 346 g/mol. The summed E-state index contributed by atoms with van der Waals surface area (Å²) in [6, 6.07) is 7.36. The van der Waals surface area contributed by atoms with Gasteiger partial charge >= 0.3 is 0 Å². The van der Waals surface area contributed by atoms with Crippen molar-refractivity contribution < 1.29 is 19.0 Å². The van der Waals surface area contributed by atoms with Gasteiger partial charge in [0.05, 0.1) is 32.7 Å². The topological polar surface area (TPSA) is 94.6 Å². The smallest absolute Gasteiger partial charge is 0.271 e. The first kappa shape index (κ1) is 18.5. The minimum absolute atomic E-state index is 0.260. The second-order valence-electron chi connectivity index (χ2n) is 4.99. The van der Waals surface area contributed by atoms with E-state index in [9.17, 15) is 4.79 Å². The summed E-state index contributed by atoms with van der Waals surface area (Å²) in [5.41, 5.74) is 0.260. The molecule has 2 rings (SSSR count). The molecule has 0 aliphatic carbocycles. The summed E-state index contributed by atoms with van der Waals surface area (Å²) >= 11 is 0. The maximum atomic E-state index is 11.8. The van der Waals surface area contributed by atoms with Crippen LogP contribution in [0.4, 0.5) is 5.82 Å². The van der Waals surface area contributed by atoms with Crippen molar-refractivity contribution in [3.63, 3.8) is 0 Å². The number of nitrogens with one attached hydrogen (secondary N) is 2. The van der Waals surface area contributed by atoms with Crippen LogP contribution in [0.3, 0.4) is 0 Å². The van der Waals surface area contributed by atoms with E-state index in [0.717, 1.165) is 11.5 Å². The van der Waals surface area contributed by atoms with E-state index in [4.69, 9.17) is 14.2 Å². The number of hydrogen-bond acceptors (Lipinski definition) is 7. The van der Waals surface area contributed by atoms with E-state index < -0.39 is 0 Å². The Labute approximate surface area is 146 Å². The van der Waals surface area contributed by atoms with Crippen LogP contribution in [0.5, 0.6) is 11.5 Å². The molecule has 0 atom stereocenters. The largest absolute Gasteiger partial charge is 0.497 e. The zero-order valence-corrected chi connectivity index (χ0v) is 14.3. The molecule has 0 aliphatic heterocycles. The fraction of sp³-hybridized carbons (Fsp3) is 0.353. The Hall–Kier alpha value is -2.87. The van der Waals surface area contributed by atoms with Crippen LogP contribution in [0.15, 0.2) is 36.7 Å². The fourth-order valence-corrected chi connectivity index (χ4v) is 1.91. The van der Waals surface area contributed by atoms with Crippen molar-refractivity contribution in [1.82, 2.24) is 15.3 Å². The summed E-state index contributed by atoms with van der Waals surface area (Å²) in [7, 11) is 3.19. The van der Waals surface area contributed by atoms with Crippen molar-refractivity contribution in [3.05, 3.63) is 42.4 Å². The normalized spacial score (nSPS) is 10.2. The average Bonchev–Trinajstić information content (AvgIpc) is 2.66. The summed E-state index contributed by atoms with van der Waals surface area (Å²) in [6.45, 7) is 1.90. The molecule has 1 aromatic heterocycles. The molecule has 1 aromatic carbocycles. The third kappa shape index (κ3) is 6.27. The number of methoxy groups -OCH3 is 2. The van der Waals surface area contributed by atoms with Gasteiger partial charge in [-0.3, -0.25) is 4.79 Å². The maximum absolute atomic E-state index is 11.8. The fourth-order valence-electron chi connectivity index (χ4n) is 1.91. The molecule has 1 heterocycles. The summed E-state index contributed by atoms with van der Waals surface area (Å²) in [4.78, 5) is 20.0. The molecule has 0 fully saturated rings. The quantitative estimate of drug-likeness (QED) is 0.627. The Morgan fingerprint density at radius 1 is 1.00 bits per heavy atom. The van der Waals surface area contributed by atoms with E-state index in [0.29, 0.717) is 32.1 Å². The number of nitrogens with zero attached hydrogens (tertiary/aromatic N) is 2. The first-order valence-corrected chi connectivity index (χ1v) is 7.83. The molecule has 2 N–H and O–H groups in total. The Balaban J connectivity index is 1.71. The van der Waals surface area contributed by atoms with Gasteiger partial charge in [0.1, 0.15) is 29.6 Å². The van der Waals surface area contributed by atoms with E-state index >= 15 is 0 Å². The van der Waals surface area contributed by atoms with Gasteiger partial charge in [-0.25, -0.2) is 9.97 Å². The van der Waals surface area contributed by atoms with Crippen molar-refractivity contribution in [3.8, 4) is 11.5 Å². The monoisotopic (exact) mass is 346 g/mol. The summed E-state index contributed by atoms with van der Waals surface area (Å²) in [5, 5.41) is 5.76. The number of amides is 1. The minimum Gasteiger partial charge on any atom is -0.497 e. The Bertz CT molecular complexity index is 647. The zero-order chi connectivity index (χ0) is 17.9. The lowest BCUT2D eigenvalue weighted by Crippen LogP contribution is -2.27. The Morgan fingerprint density at radius 2 is 1.76 bits per heavy atom. The molecule has 8 heteroatoms. The highest BCUT2D eigenvalue weighted by Crippen LogP contribution is 2.16. The molecular formula is C17H22N4O4. The molecule has 0 saturated carbocycles. The number of ether oxygens (including phenoxy) is 3. The highest BCUT2D eigenvalue weighted by Gasteiger charge is 2.07. The van der Waals surface area contributed by atoms with Crippen LogP contribution < -0.4 is 20.1 Å². The third-order valence-electron chi connectivity index (χ3n) is 3.21. The molecule has 0 spiro atoms. The van der Waals surface area contributed by atoms with Crippen molar-refractivity contribution in [1.29, 1.82) is 0 Å². The van der Waals surface area contributed by atoms with Crippen LogP contribution in [0.1, 0.15) is 10.5 Å². The molecule has 0 bridgehead atoms. The van der Waals surface area contributed by atoms with E-state index in [2.05, 4.69) is 20.6 Å². The molecule has 134 valence electrons. The van der Waals surface area contributed by atoms with Gasteiger partial charge in [0.25, 0.3) is 5.91 Å². The SMILES string of the molecule is COCCNC(=O)c1cnc(NCCOc2ccc(OC)cc2)cn1. The first-order chi connectivity index (χ1) is 12.2. The van der Waals surface area contributed by atoms with E-state index in [-0.39, 0.29) is 11.6 Å². The number of carbonyl (C=O) groups is 1. The standard InChI is InChI=1S/C17H22N4O4/c1-23-9-7-19-17(22)15-11-21-16(12-20-15)18-8-10-25-14-5-3-13(24-2)4-6-14/h3-6,11-12H,7-10H2,1-2H3,(H,18,21)(H,19,22). The predicted molar refractivity (Wildman–Crippen MR) is 93.2 cm³/mol. The molecule has 25 heavy (non-hydrogen) atoms. The second-order valence-corrected chi connectivity index (χ2v) is 4.99. The molecule has 1 amide bonds. The zero-order valence-electron chi connectivity index (χ0n) is 14.3. The van der Waals surface area contributed by atoms with Gasteiger partial charge in [0.2, 0.25) is 0 Å². The van der Waals surface area contributed by atoms with Gasteiger partial charge in [-0.15, -0.1) is 0 Å². The number of rotatable bonds is 10. The molecule has 0 radical (unpaired) electrons. The van der Waals surface area contributed by atoms with Crippen molar-refractivity contribution in [2.24, 2.45) is 0 Å². The summed E-state index contributed by atoms with van der Waals surface area (Å²) in [5.74, 6) is 1.84. The summed E-state index contributed by atoms with van der Waals surface area (Å²) < 4.78 is 15.6. The predicted octanol–water partition coefficient (Wildman–Crippen LogP) is 1.35. The van der Waals surface area contributed by atoms with E-state index in [1.54, 1.807) is 14.2 Å². The highest BCUT2D eigenvalue weighted by molar-refractivity contribution is 5.91. The van der Waals surface area contributed by atoms with Gasteiger partial charge in [-0.2, -0.15) is 0 Å². The van der Waals surface area contributed by atoms with Gasteiger partial charge in [0, 0.05) is 13.7 Å². The molecule has 0 saturated heterocycles. The lowest BCUT2D eigenvalue weighted by Gasteiger charge is -2.09.